The van der Waals surface area contributed by atoms with Crippen LogP contribution in [0.2, 0.25) is 10.0 Å². The first-order valence-electron chi connectivity index (χ1n) is 3.57. The van der Waals surface area contributed by atoms with Gasteiger partial charge in [-0.05, 0) is 12.1 Å². The molecule has 1 unspecified atom stereocenters. The van der Waals surface area contributed by atoms with Crippen molar-refractivity contribution < 1.29 is 0 Å². The molecule has 2 nitrogen and oxygen atoms in total. The highest BCUT2D eigenvalue weighted by atomic mass is 35.5. The molecule has 0 aromatic heterocycles. The van der Waals surface area contributed by atoms with Gasteiger partial charge >= 0.3 is 0 Å². The number of benzene rings is 1. The molecule has 0 bridgehead atoms. The Bertz CT molecular complexity index is 324. The molecular weight excluding hydrogens is 207 g/mol. The third-order valence-corrected chi connectivity index (χ3v) is 2.28. The first-order valence-corrected chi connectivity index (χ1v) is 4.32. The van der Waals surface area contributed by atoms with E-state index in [9.17, 15) is 0 Å². The maximum atomic E-state index is 5.91. The predicted molar refractivity (Wildman–Crippen MR) is 55.4 cm³/mol. The Morgan fingerprint density at radius 2 is 1.92 bits per heavy atom. The van der Waals surface area contributed by atoms with Crippen LogP contribution in [-0.2, 0) is 0 Å². The van der Waals surface area contributed by atoms with Gasteiger partial charge in [0, 0.05) is 15.6 Å². The number of hydrogen-bond acceptors (Lipinski definition) is 2. The summed E-state index contributed by atoms with van der Waals surface area (Å²) in [4.78, 5) is 0. The largest absolute Gasteiger partial charge is 0.270 e. The molecule has 3 N–H and O–H groups in total. The van der Waals surface area contributed by atoms with Gasteiger partial charge in [-0.3, -0.25) is 5.84 Å². The molecule has 0 fully saturated rings. The minimum atomic E-state index is -0.457. The standard InChI is InChI=1S/C9H8Cl2N2/c1-2-8(13-12)9-6(10)4-3-5-7(9)11/h1,3-5,8,13H,12H2. The van der Waals surface area contributed by atoms with Crippen molar-refractivity contribution in [1.82, 2.24) is 5.43 Å². The Morgan fingerprint density at radius 1 is 1.38 bits per heavy atom. The van der Waals surface area contributed by atoms with Crippen LogP contribution in [0.1, 0.15) is 11.6 Å². The molecule has 4 heteroatoms. The zero-order chi connectivity index (χ0) is 9.84. The molecule has 0 spiro atoms. The van der Waals surface area contributed by atoms with Gasteiger partial charge in [-0.2, -0.15) is 0 Å². The molecule has 68 valence electrons. The number of rotatable bonds is 2. The molecular formula is C9H8Cl2N2. The van der Waals surface area contributed by atoms with Crippen molar-refractivity contribution in [3.63, 3.8) is 0 Å². The third kappa shape index (κ3) is 2.15. The lowest BCUT2D eigenvalue weighted by molar-refractivity contribution is 0.674. The molecule has 0 aliphatic heterocycles. The van der Waals surface area contributed by atoms with Crippen LogP contribution in [0.15, 0.2) is 18.2 Å². The van der Waals surface area contributed by atoms with Crippen molar-refractivity contribution >= 4 is 23.2 Å². The van der Waals surface area contributed by atoms with Gasteiger partial charge in [0.05, 0.1) is 0 Å². The fourth-order valence-electron chi connectivity index (χ4n) is 1.00. The van der Waals surface area contributed by atoms with Crippen molar-refractivity contribution in [1.29, 1.82) is 0 Å². The van der Waals surface area contributed by atoms with Crippen LogP contribution >= 0.6 is 23.2 Å². The van der Waals surface area contributed by atoms with Crippen molar-refractivity contribution in [3.8, 4) is 12.3 Å². The minimum absolute atomic E-state index is 0.457. The van der Waals surface area contributed by atoms with Gasteiger partial charge in [0.15, 0.2) is 0 Å². The monoisotopic (exact) mass is 214 g/mol. The summed E-state index contributed by atoms with van der Waals surface area (Å²) in [7, 11) is 0. The summed E-state index contributed by atoms with van der Waals surface area (Å²) in [6.07, 6.45) is 5.24. The molecule has 0 aliphatic carbocycles. The Morgan fingerprint density at radius 3 is 2.31 bits per heavy atom. The van der Waals surface area contributed by atoms with E-state index >= 15 is 0 Å². The highest BCUT2D eigenvalue weighted by molar-refractivity contribution is 6.36. The number of terminal acetylenes is 1. The normalized spacial score (nSPS) is 12.2. The van der Waals surface area contributed by atoms with Crippen molar-refractivity contribution in [2.45, 2.75) is 6.04 Å². The zero-order valence-electron chi connectivity index (χ0n) is 6.72. The topological polar surface area (TPSA) is 38.0 Å². The fourth-order valence-corrected chi connectivity index (χ4v) is 1.62. The Balaban J connectivity index is 3.20. The van der Waals surface area contributed by atoms with Crippen molar-refractivity contribution in [2.24, 2.45) is 5.84 Å². The first-order chi connectivity index (χ1) is 6.20. The minimum Gasteiger partial charge on any atom is -0.270 e. The average molecular weight is 215 g/mol. The number of halogens is 2. The van der Waals surface area contributed by atoms with Crippen LogP contribution < -0.4 is 11.3 Å². The molecule has 1 aromatic carbocycles. The number of hydrogen-bond donors (Lipinski definition) is 2. The molecule has 0 radical (unpaired) electrons. The molecule has 1 rings (SSSR count). The van der Waals surface area contributed by atoms with Crippen LogP contribution in [0.5, 0.6) is 0 Å². The number of nitrogens with two attached hydrogens (primary N) is 1. The molecule has 0 saturated carbocycles. The summed E-state index contributed by atoms with van der Waals surface area (Å²) in [5, 5.41) is 1.02. The second-order valence-corrected chi connectivity index (χ2v) is 3.22. The first kappa shape index (κ1) is 10.4. The lowest BCUT2D eigenvalue weighted by Gasteiger charge is -2.12. The van der Waals surface area contributed by atoms with E-state index in [1.54, 1.807) is 18.2 Å². The second-order valence-electron chi connectivity index (χ2n) is 2.40. The SMILES string of the molecule is C#CC(NN)c1c(Cl)cccc1Cl. The Hall–Kier alpha value is -0.720. The molecule has 1 atom stereocenters. The van der Waals surface area contributed by atoms with E-state index in [0.29, 0.717) is 15.6 Å². The van der Waals surface area contributed by atoms with Gasteiger partial charge in [-0.15, -0.1) is 6.42 Å². The van der Waals surface area contributed by atoms with Gasteiger partial charge in [0.25, 0.3) is 0 Å². The lowest BCUT2D eigenvalue weighted by Crippen LogP contribution is -2.27. The van der Waals surface area contributed by atoms with Gasteiger partial charge in [0.1, 0.15) is 6.04 Å². The number of hydrazine groups is 1. The Kier molecular flexibility index (Phi) is 3.58. The van der Waals surface area contributed by atoms with Crippen LogP contribution in [0.3, 0.4) is 0 Å². The quantitative estimate of drug-likeness (QED) is 0.450. The highest BCUT2D eigenvalue weighted by Gasteiger charge is 2.13. The van der Waals surface area contributed by atoms with Gasteiger partial charge in [-0.25, -0.2) is 5.43 Å². The maximum absolute atomic E-state index is 5.91. The van der Waals surface area contributed by atoms with Gasteiger partial charge < -0.3 is 0 Å². The van der Waals surface area contributed by atoms with E-state index in [2.05, 4.69) is 11.3 Å². The van der Waals surface area contributed by atoms with Crippen LogP contribution in [0, 0.1) is 12.3 Å². The summed E-state index contributed by atoms with van der Waals surface area (Å²) in [6.45, 7) is 0. The van der Waals surface area contributed by atoms with Crippen LogP contribution in [-0.4, -0.2) is 0 Å². The summed E-state index contributed by atoms with van der Waals surface area (Å²) < 4.78 is 0. The number of nitrogens with one attached hydrogen (secondary N) is 1. The summed E-state index contributed by atoms with van der Waals surface area (Å²) in [5.74, 6) is 7.69. The summed E-state index contributed by atoms with van der Waals surface area (Å²) >= 11 is 11.8. The third-order valence-electron chi connectivity index (χ3n) is 1.62. The van der Waals surface area contributed by atoms with Crippen LogP contribution in [0.4, 0.5) is 0 Å². The second kappa shape index (κ2) is 4.50. The maximum Gasteiger partial charge on any atom is 0.109 e. The van der Waals surface area contributed by atoms with E-state index in [4.69, 9.17) is 35.5 Å². The lowest BCUT2D eigenvalue weighted by atomic mass is 10.1. The van der Waals surface area contributed by atoms with E-state index in [-0.39, 0.29) is 0 Å². The highest BCUT2D eigenvalue weighted by Crippen LogP contribution is 2.29. The average Bonchev–Trinajstić information content (AvgIpc) is 2.11. The predicted octanol–water partition coefficient (Wildman–Crippen LogP) is 2.13. The van der Waals surface area contributed by atoms with E-state index < -0.39 is 6.04 Å². The summed E-state index contributed by atoms with van der Waals surface area (Å²) in [5.41, 5.74) is 3.08. The molecule has 1 aromatic rings. The van der Waals surface area contributed by atoms with E-state index in [0.717, 1.165) is 0 Å². The summed E-state index contributed by atoms with van der Waals surface area (Å²) in [6, 6.07) is 4.72. The van der Waals surface area contributed by atoms with Crippen LogP contribution in [0.25, 0.3) is 0 Å². The zero-order valence-corrected chi connectivity index (χ0v) is 8.23. The van der Waals surface area contributed by atoms with Crippen molar-refractivity contribution in [2.75, 3.05) is 0 Å². The molecule has 0 saturated heterocycles. The van der Waals surface area contributed by atoms with Crippen molar-refractivity contribution in [3.05, 3.63) is 33.8 Å². The Labute approximate surface area is 87.0 Å². The van der Waals surface area contributed by atoms with E-state index in [1.807, 2.05) is 0 Å². The molecule has 0 amide bonds. The smallest absolute Gasteiger partial charge is 0.109 e. The van der Waals surface area contributed by atoms with Gasteiger partial charge in [0.2, 0.25) is 0 Å². The van der Waals surface area contributed by atoms with E-state index in [1.165, 1.54) is 0 Å². The fraction of sp³-hybridized carbons (Fsp3) is 0.111. The molecule has 0 aliphatic rings. The molecule has 0 heterocycles. The van der Waals surface area contributed by atoms with Gasteiger partial charge in [-0.1, -0.05) is 35.2 Å². The molecule has 13 heavy (non-hydrogen) atoms.